The van der Waals surface area contributed by atoms with E-state index in [0.717, 1.165) is 17.5 Å². The molecule has 2 rings (SSSR count). The van der Waals surface area contributed by atoms with Gasteiger partial charge in [-0.25, -0.2) is 0 Å². The molecule has 0 heterocycles. The van der Waals surface area contributed by atoms with Crippen molar-refractivity contribution < 1.29 is 4.79 Å². The normalized spacial score (nSPS) is 15.5. The highest BCUT2D eigenvalue weighted by Crippen LogP contribution is 2.41. The van der Waals surface area contributed by atoms with Crippen LogP contribution >= 0.6 is 0 Å². The molecule has 1 aliphatic rings. The monoisotopic (exact) mass is 189 g/mol. The van der Waals surface area contributed by atoms with Crippen LogP contribution in [0.15, 0.2) is 18.2 Å². The molecular weight excluding hydrogens is 174 g/mol. The maximum Gasteiger partial charge on any atom is 0.248 e. The molecule has 0 aliphatic heterocycles. The molecule has 0 unspecified atom stereocenters. The molecule has 0 atom stereocenters. The van der Waals surface area contributed by atoms with Crippen molar-refractivity contribution in [2.75, 3.05) is 0 Å². The van der Waals surface area contributed by atoms with Gasteiger partial charge in [-0.15, -0.1) is 0 Å². The van der Waals surface area contributed by atoms with Gasteiger partial charge in [0.15, 0.2) is 0 Å². The van der Waals surface area contributed by atoms with E-state index in [1.54, 1.807) is 0 Å². The van der Waals surface area contributed by atoms with Gasteiger partial charge in [-0.1, -0.05) is 19.1 Å². The van der Waals surface area contributed by atoms with Crippen molar-refractivity contribution in [3.8, 4) is 0 Å². The predicted octanol–water partition coefficient (Wildman–Crippen LogP) is 2.23. The number of amides is 1. The van der Waals surface area contributed by atoms with Crippen molar-refractivity contribution in [3.63, 3.8) is 0 Å². The van der Waals surface area contributed by atoms with E-state index < -0.39 is 0 Å². The summed E-state index contributed by atoms with van der Waals surface area (Å²) in [7, 11) is 0. The summed E-state index contributed by atoms with van der Waals surface area (Å²) >= 11 is 0. The smallest absolute Gasteiger partial charge is 0.248 e. The first kappa shape index (κ1) is 9.25. The standard InChI is InChI=1S/C12H15NO/c1-2-8-3-6-10(9-4-5-9)11(7-8)12(13)14/h3,6-7,9H,2,4-5H2,1H3,(H2,13,14). The van der Waals surface area contributed by atoms with Gasteiger partial charge < -0.3 is 5.73 Å². The highest BCUT2D eigenvalue weighted by Gasteiger charge is 2.27. The number of benzene rings is 1. The molecule has 0 radical (unpaired) electrons. The molecule has 1 saturated carbocycles. The number of rotatable bonds is 3. The lowest BCUT2D eigenvalue weighted by molar-refractivity contribution is 0.0999. The van der Waals surface area contributed by atoms with Crippen LogP contribution in [0.1, 0.15) is 47.2 Å². The molecule has 1 fully saturated rings. The fourth-order valence-corrected chi connectivity index (χ4v) is 1.79. The topological polar surface area (TPSA) is 43.1 Å². The van der Waals surface area contributed by atoms with E-state index in [4.69, 9.17) is 5.73 Å². The molecule has 1 amide bonds. The Morgan fingerprint density at radius 1 is 1.50 bits per heavy atom. The average Bonchev–Trinajstić information content (AvgIpc) is 3.00. The van der Waals surface area contributed by atoms with Gasteiger partial charge in [-0.3, -0.25) is 4.79 Å². The first-order valence-electron chi connectivity index (χ1n) is 5.15. The summed E-state index contributed by atoms with van der Waals surface area (Å²) in [6.07, 6.45) is 3.35. The highest BCUT2D eigenvalue weighted by molar-refractivity contribution is 5.94. The largest absolute Gasteiger partial charge is 0.366 e. The molecule has 1 aromatic rings. The summed E-state index contributed by atoms with van der Waals surface area (Å²) in [5.41, 5.74) is 8.42. The highest BCUT2D eigenvalue weighted by atomic mass is 16.1. The Balaban J connectivity index is 2.43. The maximum absolute atomic E-state index is 11.2. The Labute approximate surface area is 84.1 Å². The van der Waals surface area contributed by atoms with E-state index in [0.29, 0.717) is 5.92 Å². The first-order chi connectivity index (χ1) is 6.72. The van der Waals surface area contributed by atoms with Crippen LogP contribution in [-0.2, 0) is 6.42 Å². The molecule has 0 bridgehead atoms. The maximum atomic E-state index is 11.2. The Kier molecular flexibility index (Phi) is 2.28. The zero-order valence-corrected chi connectivity index (χ0v) is 8.42. The van der Waals surface area contributed by atoms with Crippen LogP contribution in [0.3, 0.4) is 0 Å². The Morgan fingerprint density at radius 2 is 2.21 bits per heavy atom. The number of hydrogen-bond acceptors (Lipinski definition) is 1. The second kappa shape index (κ2) is 3.45. The number of primary amides is 1. The molecule has 2 N–H and O–H groups in total. The molecule has 14 heavy (non-hydrogen) atoms. The van der Waals surface area contributed by atoms with Crippen molar-refractivity contribution in [1.82, 2.24) is 0 Å². The third kappa shape index (κ3) is 1.65. The fourth-order valence-electron chi connectivity index (χ4n) is 1.79. The minimum atomic E-state index is -0.290. The first-order valence-corrected chi connectivity index (χ1v) is 5.15. The third-order valence-electron chi connectivity index (χ3n) is 2.81. The molecule has 0 spiro atoms. The quantitative estimate of drug-likeness (QED) is 0.778. The van der Waals surface area contributed by atoms with Gasteiger partial charge in [0.1, 0.15) is 0 Å². The second-order valence-corrected chi connectivity index (χ2v) is 3.91. The summed E-state index contributed by atoms with van der Waals surface area (Å²) < 4.78 is 0. The van der Waals surface area contributed by atoms with Crippen molar-refractivity contribution in [2.45, 2.75) is 32.1 Å². The lowest BCUT2D eigenvalue weighted by Gasteiger charge is -2.07. The molecule has 1 aliphatic carbocycles. The van der Waals surface area contributed by atoms with E-state index in [-0.39, 0.29) is 5.91 Å². The van der Waals surface area contributed by atoms with Gasteiger partial charge in [0.2, 0.25) is 5.91 Å². The minimum Gasteiger partial charge on any atom is -0.366 e. The Bertz CT molecular complexity index is 367. The molecule has 74 valence electrons. The Morgan fingerprint density at radius 3 is 2.71 bits per heavy atom. The molecular formula is C12H15NO. The number of hydrogen-bond donors (Lipinski definition) is 1. The van der Waals surface area contributed by atoms with E-state index in [1.807, 2.05) is 6.07 Å². The van der Waals surface area contributed by atoms with Crippen LogP contribution < -0.4 is 5.73 Å². The SMILES string of the molecule is CCc1ccc(C2CC2)c(C(N)=O)c1. The van der Waals surface area contributed by atoms with Crippen molar-refractivity contribution in [1.29, 1.82) is 0 Å². The van der Waals surface area contributed by atoms with Crippen LogP contribution in [0, 0.1) is 0 Å². The number of carbonyl (C=O) groups excluding carboxylic acids is 1. The van der Waals surface area contributed by atoms with Crippen LogP contribution in [0.4, 0.5) is 0 Å². The van der Waals surface area contributed by atoms with Crippen molar-refractivity contribution >= 4 is 5.91 Å². The summed E-state index contributed by atoms with van der Waals surface area (Å²) in [6, 6.07) is 6.10. The van der Waals surface area contributed by atoms with Gasteiger partial charge in [0.25, 0.3) is 0 Å². The fraction of sp³-hybridized carbons (Fsp3) is 0.417. The van der Waals surface area contributed by atoms with E-state index in [1.165, 1.54) is 18.4 Å². The summed E-state index contributed by atoms with van der Waals surface area (Å²) in [5.74, 6) is 0.297. The van der Waals surface area contributed by atoms with Gasteiger partial charge in [0.05, 0.1) is 0 Å². The number of carbonyl (C=O) groups is 1. The van der Waals surface area contributed by atoms with Crippen molar-refractivity contribution in [2.24, 2.45) is 5.73 Å². The third-order valence-corrected chi connectivity index (χ3v) is 2.81. The zero-order valence-electron chi connectivity index (χ0n) is 8.42. The number of nitrogens with two attached hydrogens (primary N) is 1. The molecule has 0 saturated heterocycles. The van der Waals surface area contributed by atoms with Crippen molar-refractivity contribution in [3.05, 3.63) is 34.9 Å². The van der Waals surface area contributed by atoms with Crippen LogP contribution in [-0.4, -0.2) is 5.91 Å². The van der Waals surface area contributed by atoms with Crippen LogP contribution in [0.2, 0.25) is 0 Å². The van der Waals surface area contributed by atoms with Crippen LogP contribution in [0.25, 0.3) is 0 Å². The van der Waals surface area contributed by atoms with E-state index in [9.17, 15) is 4.79 Å². The lowest BCUT2D eigenvalue weighted by atomic mass is 9.99. The van der Waals surface area contributed by atoms with Crippen LogP contribution in [0.5, 0.6) is 0 Å². The molecule has 2 heteroatoms. The average molecular weight is 189 g/mol. The zero-order chi connectivity index (χ0) is 10.1. The molecule has 1 aromatic carbocycles. The second-order valence-electron chi connectivity index (χ2n) is 3.91. The lowest BCUT2D eigenvalue weighted by Crippen LogP contribution is -2.13. The van der Waals surface area contributed by atoms with Gasteiger partial charge >= 0.3 is 0 Å². The van der Waals surface area contributed by atoms with E-state index in [2.05, 4.69) is 19.1 Å². The van der Waals surface area contributed by atoms with Gasteiger partial charge in [-0.05, 0) is 42.4 Å². The summed E-state index contributed by atoms with van der Waals surface area (Å²) in [6.45, 7) is 2.08. The molecule has 0 aromatic heterocycles. The van der Waals surface area contributed by atoms with Gasteiger partial charge in [-0.2, -0.15) is 0 Å². The minimum absolute atomic E-state index is 0.290. The predicted molar refractivity (Wildman–Crippen MR) is 56.3 cm³/mol. The number of aryl methyl sites for hydroxylation is 1. The Hall–Kier alpha value is -1.31. The summed E-state index contributed by atoms with van der Waals surface area (Å²) in [5, 5.41) is 0. The van der Waals surface area contributed by atoms with E-state index >= 15 is 0 Å². The molecule has 2 nitrogen and oxygen atoms in total. The summed E-state index contributed by atoms with van der Waals surface area (Å²) in [4.78, 5) is 11.2. The van der Waals surface area contributed by atoms with Gasteiger partial charge in [0, 0.05) is 5.56 Å².